The van der Waals surface area contributed by atoms with E-state index in [-0.39, 0.29) is 0 Å². The maximum absolute atomic E-state index is 7.41. The fourth-order valence-electron chi connectivity index (χ4n) is 9.32. The first-order valence-corrected chi connectivity index (χ1v) is 19.8. The number of benzene rings is 10. The minimum atomic E-state index is 0.807. The third-order valence-electron chi connectivity index (χ3n) is 11.9. The molecule has 0 bridgehead atoms. The minimum absolute atomic E-state index is 0.807. The van der Waals surface area contributed by atoms with Crippen LogP contribution < -0.4 is 0 Å². The number of rotatable bonds is 5. The molecule has 0 amide bonds. The van der Waals surface area contributed by atoms with Crippen molar-refractivity contribution in [1.29, 1.82) is 0 Å². The summed E-state index contributed by atoms with van der Waals surface area (Å²) in [5.74, 6) is 0.840. The standard InChI is InChI=1S/C56H34O2/c1-3-18-36(19-4-1)40-23-9-10-25-42(40)51-43-26-11-13-28-45(43)52(46-29-14-12-27-44(46)51)53-55-47(41-24-15-16-30-49(41)57-55)34-48-50(37-20-5-2-6-21-37)54(58-56(48)53)39-32-31-35-17-7-8-22-38(35)33-39/h1-34H. The topological polar surface area (TPSA) is 26.3 Å². The molecule has 2 heteroatoms. The van der Waals surface area contributed by atoms with Gasteiger partial charge >= 0.3 is 0 Å². The second-order valence-corrected chi connectivity index (χ2v) is 15.1. The lowest BCUT2D eigenvalue weighted by atomic mass is 9.83. The first-order chi connectivity index (χ1) is 28.8. The molecule has 0 fully saturated rings. The smallest absolute Gasteiger partial charge is 0.147 e. The van der Waals surface area contributed by atoms with Crippen molar-refractivity contribution in [2.45, 2.75) is 0 Å². The zero-order valence-corrected chi connectivity index (χ0v) is 31.4. The minimum Gasteiger partial charge on any atom is -0.455 e. The third-order valence-corrected chi connectivity index (χ3v) is 11.9. The van der Waals surface area contributed by atoms with Crippen LogP contribution in [0.4, 0.5) is 0 Å². The van der Waals surface area contributed by atoms with Crippen LogP contribution in [0.1, 0.15) is 0 Å². The fourth-order valence-corrected chi connectivity index (χ4v) is 9.32. The molecule has 12 rings (SSSR count). The van der Waals surface area contributed by atoms with Crippen molar-refractivity contribution in [1.82, 2.24) is 0 Å². The van der Waals surface area contributed by atoms with Crippen LogP contribution >= 0.6 is 0 Å². The summed E-state index contributed by atoms with van der Waals surface area (Å²) in [6.07, 6.45) is 0. The molecule has 0 aliphatic rings. The Bertz CT molecular complexity index is 3490. The van der Waals surface area contributed by atoms with Crippen molar-refractivity contribution in [2.75, 3.05) is 0 Å². The van der Waals surface area contributed by atoms with Crippen LogP contribution in [0.5, 0.6) is 0 Å². The van der Waals surface area contributed by atoms with Crippen molar-refractivity contribution in [3.05, 3.63) is 206 Å². The van der Waals surface area contributed by atoms with Gasteiger partial charge in [0.05, 0.1) is 5.56 Å². The van der Waals surface area contributed by atoms with E-state index in [2.05, 4.69) is 200 Å². The Labute approximate surface area is 334 Å². The van der Waals surface area contributed by atoms with Gasteiger partial charge in [-0.3, -0.25) is 0 Å². The second kappa shape index (κ2) is 12.9. The van der Waals surface area contributed by atoms with Gasteiger partial charge in [-0.25, -0.2) is 0 Å². The van der Waals surface area contributed by atoms with Crippen LogP contribution in [0.2, 0.25) is 0 Å². The van der Waals surface area contributed by atoms with Crippen LogP contribution in [0.25, 0.3) is 121 Å². The second-order valence-electron chi connectivity index (χ2n) is 15.1. The maximum atomic E-state index is 7.41. The van der Waals surface area contributed by atoms with E-state index >= 15 is 0 Å². The molecule has 0 atom stereocenters. The Morgan fingerprint density at radius 3 is 1.50 bits per heavy atom. The number of hydrogen-bond donors (Lipinski definition) is 0. The Morgan fingerprint density at radius 1 is 0.259 bits per heavy atom. The molecule has 12 aromatic rings. The Hall–Kier alpha value is -7.68. The van der Waals surface area contributed by atoms with E-state index in [9.17, 15) is 0 Å². The molecule has 10 aromatic carbocycles. The van der Waals surface area contributed by atoms with Gasteiger partial charge in [-0.1, -0.05) is 188 Å². The molecule has 0 radical (unpaired) electrons. The highest BCUT2D eigenvalue weighted by Gasteiger charge is 2.28. The van der Waals surface area contributed by atoms with Crippen LogP contribution in [0.15, 0.2) is 215 Å². The lowest BCUT2D eigenvalue weighted by Gasteiger charge is -2.20. The SMILES string of the molecule is c1ccc(-c2ccccc2-c2c3ccccc3c(-c3c4oc(-c5ccc6ccccc6c5)c(-c5ccccc5)c4cc4c3oc3ccccc34)c3ccccc23)cc1. The highest BCUT2D eigenvalue weighted by molar-refractivity contribution is 6.29. The molecule has 0 N–H and O–H groups in total. The number of fused-ring (bicyclic) bond motifs is 7. The van der Waals surface area contributed by atoms with Gasteiger partial charge in [-0.2, -0.15) is 0 Å². The molecular weight excluding hydrogens is 705 g/mol. The lowest BCUT2D eigenvalue weighted by Crippen LogP contribution is -1.93. The lowest BCUT2D eigenvalue weighted by molar-refractivity contribution is 0.630. The molecular formula is C56H34O2. The Kier molecular flexibility index (Phi) is 7.26. The van der Waals surface area contributed by atoms with E-state index in [0.717, 1.165) is 77.3 Å². The van der Waals surface area contributed by atoms with Gasteiger partial charge in [0.15, 0.2) is 0 Å². The molecule has 0 unspecified atom stereocenters. The molecule has 0 aliphatic carbocycles. The summed E-state index contributed by atoms with van der Waals surface area (Å²) >= 11 is 0. The van der Waals surface area contributed by atoms with E-state index in [4.69, 9.17) is 8.83 Å². The zero-order valence-electron chi connectivity index (χ0n) is 31.4. The van der Waals surface area contributed by atoms with Crippen LogP contribution in [-0.2, 0) is 0 Å². The first-order valence-electron chi connectivity index (χ1n) is 19.8. The highest BCUT2D eigenvalue weighted by Crippen LogP contribution is 2.53. The normalized spacial score (nSPS) is 11.8. The number of para-hydroxylation sites is 1. The third kappa shape index (κ3) is 4.92. The van der Waals surface area contributed by atoms with Gasteiger partial charge in [0.1, 0.15) is 22.5 Å². The predicted molar refractivity (Wildman–Crippen MR) is 243 cm³/mol. The van der Waals surface area contributed by atoms with Crippen LogP contribution in [0, 0.1) is 0 Å². The van der Waals surface area contributed by atoms with Gasteiger partial charge < -0.3 is 8.83 Å². The van der Waals surface area contributed by atoms with Crippen molar-refractivity contribution < 1.29 is 8.83 Å². The van der Waals surface area contributed by atoms with Crippen molar-refractivity contribution >= 4 is 65.2 Å². The first kappa shape index (κ1) is 32.6. The average molecular weight is 739 g/mol. The Balaban J connectivity index is 1.26. The summed E-state index contributed by atoms with van der Waals surface area (Å²) in [7, 11) is 0. The summed E-state index contributed by atoms with van der Waals surface area (Å²) in [6.45, 7) is 0. The maximum Gasteiger partial charge on any atom is 0.147 e. The Morgan fingerprint density at radius 2 is 0.793 bits per heavy atom. The van der Waals surface area contributed by atoms with Gasteiger partial charge in [0, 0.05) is 32.8 Å². The molecule has 270 valence electrons. The quantitative estimate of drug-likeness (QED) is 0.164. The van der Waals surface area contributed by atoms with Crippen LogP contribution in [-0.4, -0.2) is 0 Å². The molecule has 0 aliphatic heterocycles. The molecule has 2 heterocycles. The average Bonchev–Trinajstić information content (AvgIpc) is 3.87. The number of hydrogen-bond acceptors (Lipinski definition) is 2. The van der Waals surface area contributed by atoms with Crippen molar-refractivity contribution in [3.8, 4) is 55.8 Å². The summed E-state index contributed by atoms with van der Waals surface area (Å²) in [6, 6.07) is 73.7. The van der Waals surface area contributed by atoms with Crippen LogP contribution in [0.3, 0.4) is 0 Å². The summed E-state index contributed by atoms with van der Waals surface area (Å²) in [5.41, 5.74) is 12.5. The van der Waals surface area contributed by atoms with E-state index in [0.29, 0.717) is 0 Å². The van der Waals surface area contributed by atoms with Crippen molar-refractivity contribution in [2.24, 2.45) is 0 Å². The fraction of sp³-hybridized carbons (Fsp3) is 0. The predicted octanol–water partition coefficient (Wildman–Crippen LogP) is 16.1. The van der Waals surface area contributed by atoms with Gasteiger partial charge in [0.2, 0.25) is 0 Å². The summed E-state index contributed by atoms with van der Waals surface area (Å²) in [4.78, 5) is 0. The largest absolute Gasteiger partial charge is 0.455 e. The van der Waals surface area contributed by atoms with Gasteiger partial charge in [-0.05, 0) is 78.3 Å². The van der Waals surface area contributed by atoms with E-state index < -0.39 is 0 Å². The molecule has 2 nitrogen and oxygen atoms in total. The zero-order chi connectivity index (χ0) is 38.2. The molecule has 58 heavy (non-hydrogen) atoms. The van der Waals surface area contributed by atoms with E-state index in [1.165, 1.54) is 43.8 Å². The highest BCUT2D eigenvalue weighted by atomic mass is 16.3. The molecule has 0 spiro atoms. The van der Waals surface area contributed by atoms with Gasteiger partial charge in [0.25, 0.3) is 0 Å². The number of furan rings is 2. The molecule has 2 aromatic heterocycles. The molecule has 0 saturated heterocycles. The van der Waals surface area contributed by atoms with Gasteiger partial charge in [-0.15, -0.1) is 0 Å². The summed E-state index contributed by atoms with van der Waals surface area (Å²) < 4.78 is 14.4. The van der Waals surface area contributed by atoms with Crippen molar-refractivity contribution in [3.63, 3.8) is 0 Å². The molecule has 0 saturated carbocycles. The monoisotopic (exact) mass is 738 g/mol. The van der Waals surface area contributed by atoms with E-state index in [1.54, 1.807) is 0 Å². The van der Waals surface area contributed by atoms with E-state index in [1.807, 2.05) is 6.07 Å². The summed E-state index contributed by atoms with van der Waals surface area (Å²) in [5, 5.41) is 10.2.